The molecule has 2 aromatic rings. The minimum atomic E-state index is 1.01. The zero-order chi connectivity index (χ0) is 14.5. The Morgan fingerprint density at radius 3 is 2.14 bits per heavy atom. The van der Waals surface area contributed by atoms with E-state index in [9.17, 15) is 0 Å². The lowest BCUT2D eigenvalue weighted by Gasteiger charge is -2.20. The Bertz CT molecular complexity index is 547. The van der Waals surface area contributed by atoms with E-state index in [0.717, 1.165) is 13.1 Å². The molecule has 0 aromatic heterocycles. The number of aryl methyl sites for hydroxylation is 1. The Morgan fingerprint density at radius 1 is 0.905 bits per heavy atom. The Balaban J connectivity index is 1.48. The molecule has 1 N–H and O–H groups in total. The SMILES string of the molecule is Cc1ccc(NCCN2CCc3ccccc3CC2)cc1. The van der Waals surface area contributed by atoms with E-state index in [1.54, 1.807) is 0 Å². The number of rotatable bonds is 4. The van der Waals surface area contributed by atoms with Crippen molar-refractivity contribution in [2.24, 2.45) is 0 Å². The van der Waals surface area contributed by atoms with Gasteiger partial charge in [-0.1, -0.05) is 42.0 Å². The largest absolute Gasteiger partial charge is 0.384 e. The molecule has 0 unspecified atom stereocenters. The topological polar surface area (TPSA) is 15.3 Å². The zero-order valence-corrected chi connectivity index (χ0v) is 12.8. The fraction of sp³-hybridized carbons (Fsp3) is 0.368. The fourth-order valence-electron chi connectivity index (χ4n) is 2.97. The van der Waals surface area contributed by atoms with Gasteiger partial charge in [-0.2, -0.15) is 0 Å². The summed E-state index contributed by atoms with van der Waals surface area (Å²) in [5, 5.41) is 3.52. The van der Waals surface area contributed by atoms with Crippen molar-refractivity contribution in [1.29, 1.82) is 0 Å². The zero-order valence-electron chi connectivity index (χ0n) is 12.8. The first-order valence-electron chi connectivity index (χ1n) is 7.91. The standard InChI is InChI=1S/C19H24N2/c1-16-6-8-19(9-7-16)20-12-15-21-13-10-17-4-2-3-5-18(17)11-14-21/h2-9,20H,10-15H2,1H3. The first-order chi connectivity index (χ1) is 10.3. The van der Waals surface area contributed by atoms with E-state index in [4.69, 9.17) is 0 Å². The van der Waals surface area contributed by atoms with Crippen LogP contribution in [0.25, 0.3) is 0 Å². The highest BCUT2D eigenvalue weighted by molar-refractivity contribution is 5.44. The number of hydrogen-bond donors (Lipinski definition) is 1. The average Bonchev–Trinajstić information content (AvgIpc) is 2.72. The van der Waals surface area contributed by atoms with Crippen molar-refractivity contribution in [2.45, 2.75) is 19.8 Å². The van der Waals surface area contributed by atoms with Gasteiger partial charge in [-0.15, -0.1) is 0 Å². The summed E-state index contributed by atoms with van der Waals surface area (Å²) in [6, 6.07) is 17.5. The van der Waals surface area contributed by atoms with Gasteiger partial charge in [0.15, 0.2) is 0 Å². The van der Waals surface area contributed by atoms with Gasteiger partial charge < -0.3 is 10.2 Å². The van der Waals surface area contributed by atoms with E-state index in [0.29, 0.717) is 0 Å². The molecule has 21 heavy (non-hydrogen) atoms. The highest BCUT2D eigenvalue weighted by Gasteiger charge is 2.12. The van der Waals surface area contributed by atoms with E-state index >= 15 is 0 Å². The van der Waals surface area contributed by atoms with Gasteiger partial charge in [0.2, 0.25) is 0 Å². The van der Waals surface area contributed by atoms with Crippen LogP contribution in [-0.2, 0) is 12.8 Å². The van der Waals surface area contributed by atoms with Crippen molar-refractivity contribution in [2.75, 3.05) is 31.5 Å². The normalized spacial score (nSPS) is 15.3. The third-order valence-electron chi connectivity index (χ3n) is 4.32. The Labute approximate surface area is 127 Å². The van der Waals surface area contributed by atoms with Gasteiger partial charge in [-0.25, -0.2) is 0 Å². The summed E-state index contributed by atoms with van der Waals surface area (Å²) < 4.78 is 0. The molecule has 2 heteroatoms. The number of nitrogens with zero attached hydrogens (tertiary/aromatic N) is 1. The monoisotopic (exact) mass is 280 g/mol. The maximum atomic E-state index is 3.52. The highest BCUT2D eigenvalue weighted by atomic mass is 15.1. The number of anilines is 1. The maximum absolute atomic E-state index is 3.52. The Hall–Kier alpha value is -1.80. The van der Waals surface area contributed by atoms with Crippen LogP contribution in [0.2, 0.25) is 0 Å². The van der Waals surface area contributed by atoms with Crippen molar-refractivity contribution in [1.82, 2.24) is 4.90 Å². The minimum Gasteiger partial charge on any atom is -0.384 e. The molecular weight excluding hydrogens is 256 g/mol. The lowest BCUT2D eigenvalue weighted by Crippen LogP contribution is -2.31. The molecule has 2 nitrogen and oxygen atoms in total. The molecule has 1 aliphatic heterocycles. The number of hydrogen-bond acceptors (Lipinski definition) is 2. The van der Waals surface area contributed by atoms with E-state index < -0.39 is 0 Å². The minimum absolute atomic E-state index is 1.01. The molecule has 110 valence electrons. The number of fused-ring (bicyclic) bond motifs is 1. The summed E-state index contributed by atoms with van der Waals surface area (Å²) in [5.74, 6) is 0. The molecule has 1 heterocycles. The quantitative estimate of drug-likeness (QED) is 0.922. The lowest BCUT2D eigenvalue weighted by atomic mass is 10.0. The molecule has 0 bridgehead atoms. The Kier molecular flexibility index (Phi) is 4.56. The van der Waals surface area contributed by atoms with Crippen molar-refractivity contribution < 1.29 is 0 Å². The lowest BCUT2D eigenvalue weighted by molar-refractivity contribution is 0.298. The van der Waals surface area contributed by atoms with Gasteiger partial charge in [0.05, 0.1) is 0 Å². The molecule has 3 rings (SSSR count). The van der Waals surface area contributed by atoms with E-state index in [2.05, 4.69) is 65.7 Å². The van der Waals surface area contributed by atoms with Crippen LogP contribution >= 0.6 is 0 Å². The van der Waals surface area contributed by atoms with Crippen molar-refractivity contribution in [3.05, 3.63) is 65.2 Å². The second kappa shape index (κ2) is 6.77. The van der Waals surface area contributed by atoms with E-state index in [-0.39, 0.29) is 0 Å². The molecule has 2 aromatic carbocycles. The van der Waals surface area contributed by atoms with E-state index in [1.165, 1.54) is 48.3 Å². The molecule has 0 radical (unpaired) electrons. The Morgan fingerprint density at radius 2 is 1.52 bits per heavy atom. The average molecular weight is 280 g/mol. The van der Waals surface area contributed by atoms with Gasteiger partial charge >= 0.3 is 0 Å². The first-order valence-corrected chi connectivity index (χ1v) is 7.91. The number of benzene rings is 2. The summed E-state index contributed by atoms with van der Waals surface area (Å²) in [6.45, 7) is 6.60. The van der Waals surface area contributed by atoms with Crippen molar-refractivity contribution in [3.63, 3.8) is 0 Å². The van der Waals surface area contributed by atoms with Crippen molar-refractivity contribution >= 4 is 5.69 Å². The van der Waals surface area contributed by atoms with Crippen LogP contribution in [-0.4, -0.2) is 31.1 Å². The third kappa shape index (κ3) is 3.85. The van der Waals surface area contributed by atoms with Crippen LogP contribution in [0.4, 0.5) is 5.69 Å². The summed E-state index contributed by atoms with van der Waals surface area (Å²) in [4.78, 5) is 2.57. The van der Waals surface area contributed by atoms with Crippen LogP contribution < -0.4 is 5.32 Å². The molecule has 0 aliphatic carbocycles. The predicted octanol–water partition coefficient (Wildman–Crippen LogP) is 3.51. The first kappa shape index (κ1) is 14.2. The van der Waals surface area contributed by atoms with Gasteiger partial charge in [0.1, 0.15) is 0 Å². The molecule has 0 amide bonds. The van der Waals surface area contributed by atoms with Gasteiger partial charge in [0, 0.05) is 31.9 Å². The third-order valence-corrected chi connectivity index (χ3v) is 4.32. The highest BCUT2D eigenvalue weighted by Crippen LogP contribution is 2.15. The molecular formula is C19H24N2. The molecule has 0 saturated carbocycles. The van der Waals surface area contributed by atoms with Gasteiger partial charge in [0.25, 0.3) is 0 Å². The smallest absolute Gasteiger partial charge is 0.0340 e. The maximum Gasteiger partial charge on any atom is 0.0340 e. The van der Waals surface area contributed by atoms with Crippen molar-refractivity contribution in [3.8, 4) is 0 Å². The molecule has 0 fully saturated rings. The second-order valence-corrected chi connectivity index (χ2v) is 5.90. The summed E-state index contributed by atoms with van der Waals surface area (Å²) in [7, 11) is 0. The summed E-state index contributed by atoms with van der Waals surface area (Å²) in [6.07, 6.45) is 2.36. The van der Waals surface area contributed by atoms with E-state index in [1.807, 2.05) is 0 Å². The fourth-order valence-corrected chi connectivity index (χ4v) is 2.97. The molecule has 0 saturated heterocycles. The number of nitrogens with one attached hydrogen (secondary N) is 1. The molecule has 1 aliphatic rings. The summed E-state index contributed by atoms with van der Waals surface area (Å²) in [5.41, 5.74) is 5.60. The van der Waals surface area contributed by atoms with Crippen LogP contribution in [0, 0.1) is 6.92 Å². The summed E-state index contributed by atoms with van der Waals surface area (Å²) >= 11 is 0. The van der Waals surface area contributed by atoms with Gasteiger partial charge in [-0.05, 0) is 43.0 Å². The van der Waals surface area contributed by atoms with Crippen LogP contribution in [0.3, 0.4) is 0 Å². The predicted molar refractivity (Wildman–Crippen MR) is 90.0 cm³/mol. The van der Waals surface area contributed by atoms with Crippen LogP contribution in [0.15, 0.2) is 48.5 Å². The van der Waals surface area contributed by atoms with Gasteiger partial charge in [-0.3, -0.25) is 0 Å². The van der Waals surface area contributed by atoms with Crippen LogP contribution in [0.5, 0.6) is 0 Å². The molecule has 0 atom stereocenters. The second-order valence-electron chi connectivity index (χ2n) is 5.90. The van der Waals surface area contributed by atoms with Crippen LogP contribution in [0.1, 0.15) is 16.7 Å². The molecule has 0 spiro atoms.